The molecule has 1 aromatic heterocycles. The second kappa shape index (κ2) is 3.92. The SMILES string of the molecule is CCC1N=C(Cc2cccs2)NC1=O. The molecule has 1 N–H and O–H groups in total. The minimum Gasteiger partial charge on any atom is -0.312 e. The van der Waals surface area contributed by atoms with Gasteiger partial charge in [-0.05, 0) is 17.9 Å². The number of aliphatic imine (C=N–C) groups is 1. The van der Waals surface area contributed by atoms with E-state index in [2.05, 4.69) is 16.4 Å². The first-order chi connectivity index (χ1) is 6.79. The number of amides is 1. The lowest BCUT2D eigenvalue weighted by molar-refractivity contribution is -0.120. The van der Waals surface area contributed by atoms with Crippen LogP contribution in [0.4, 0.5) is 0 Å². The first-order valence-corrected chi connectivity index (χ1v) is 5.57. The third-order valence-electron chi connectivity index (χ3n) is 2.19. The molecule has 0 aromatic carbocycles. The van der Waals surface area contributed by atoms with E-state index in [9.17, 15) is 4.79 Å². The number of carbonyl (C=O) groups excluding carboxylic acids is 1. The first kappa shape index (κ1) is 9.40. The van der Waals surface area contributed by atoms with E-state index in [0.717, 1.165) is 18.7 Å². The quantitative estimate of drug-likeness (QED) is 0.805. The summed E-state index contributed by atoms with van der Waals surface area (Å²) in [6.07, 6.45) is 1.53. The molecular weight excluding hydrogens is 196 g/mol. The van der Waals surface area contributed by atoms with Crippen molar-refractivity contribution in [3.63, 3.8) is 0 Å². The molecule has 4 heteroatoms. The lowest BCUT2D eigenvalue weighted by Gasteiger charge is -1.97. The second-order valence-electron chi connectivity index (χ2n) is 3.25. The van der Waals surface area contributed by atoms with Crippen molar-refractivity contribution in [2.45, 2.75) is 25.8 Å². The van der Waals surface area contributed by atoms with Crippen LogP contribution in [0.5, 0.6) is 0 Å². The fourth-order valence-corrected chi connectivity index (χ4v) is 2.16. The van der Waals surface area contributed by atoms with Crippen molar-refractivity contribution >= 4 is 23.1 Å². The molecule has 0 fully saturated rings. The molecule has 1 aliphatic rings. The number of nitrogens with zero attached hydrogens (tertiary/aromatic N) is 1. The Hall–Kier alpha value is -1.16. The fraction of sp³-hybridized carbons (Fsp3) is 0.400. The van der Waals surface area contributed by atoms with Gasteiger partial charge in [-0.2, -0.15) is 0 Å². The molecule has 0 saturated carbocycles. The van der Waals surface area contributed by atoms with Crippen molar-refractivity contribution in [2.75, 3.05) is 0 Å². The Bertz CT molecular complexity index is 356. The van der Waals surface area contributed by atoms with Crippen LogP contribution in [0.3, 0.4) is 0 Å². The van der Waals surface area contributed by atoms with Gasteiger partial charge in [-0.3, -0.25) is 9.79 Å². The maximum Gasteiger partial charge on any atom is 0.250 e. The Balaban J connectivity index is 2.04. The van der Waals surface area contributed by atoms with Crippen LogP contribution in [0.2, 0.25) is 0 Å². The summed E-state index contributed by atoms with van der Waals surface area (Å²) in [4.78, 5) is 16.9. The summed E-state index contributed by atoms with van der Waals surface area (Å²) in [6, 6.07) is 3.90. The van der Waals surface area contributed by atoms with Gasteiger partial charge in [-0.15, -0.1) is 11.3 Å². The number of carbonyl (C=O) groups is 1. The molecule has 0 aliphatic carbocycles. The summed E-state index contributed by atoms with van der Waals surface area (Å²) in [7, 11) is 0. The summed E-state index contributed by atoms with van der Waals surface area (Å²) in [5.74, 6) is 0.850. The zero-order valence-electron chi connectivity index (χ0n) is 7.99. The molecule has 74 valence electrons. The second-order valence-corrected chi connectivity index (χ2v) is 4.28. The maximum atomic E-state index is 11.3. The molecule has 1 atom stereocenters. The summed E-state index contributed by atoms with van der Waals surface area (Å²) >= 11 is 1.69. The Morgan fingerprint density at radius 2 is 2.50 bits per heavy atom. The van der Waals surface area contributed by atoms with Crippen LogP contribution in [0.25, 0.3) is 0 Å². The zero-order chi connectivity index (χ0) is 9.97. The molecule has 3 nitrogen and oxygen atoms in total. The van der Waals surface area contributed by atoms with Gasteiger partial charge in [0.05, 0.1) is 0 Å². The van der Waals surface area contributed by atoms with Crippen LogP contribution in [0.1, 0.15) is 18.2 Å². The molecule has 2 heterocycles. The Morgan fingerprint density at radius 1 is 1.64 bits per heavy atom. The monoisotopic (exact) mass is 208 g/mol. The van der Waals surface area contributed by atoms with Crippen molar-refractivity contribution < 1.29 is 4.79 Å². The van der Waals surface area contributed by atoms with E-state index in [1.54, 1.807) is 11.3 Å². The predicted molar refractivity (Wildman–Crippen MR) is 57.7 cm³/mol. The average molecular weight is 208 g/mol. The smallest absolute Gasteiger partial charge is 0.250 e. The highest BCUT2D eigenvalue weighted by Gasteiger charge is 2.24. The highest BCUT2D eigenvalue weighted by molar-refractivity contribution is 7.10. The van der Waals surface area contributed by atoms with Gasteiger partial charge in [-0.1, -0.05) is 13.0 Å². The Kier molecular flexibility index (Phi) is 2.63. The number of amidine groups is 1. The molecule has 0 spiro atoms. The third-order valence-corrected chi connectivity index (χ3v) is 3.07. The molecule has 1 unspecified atom stereocenters. The predicted octanol–water partition coefficient (Wildman–Crippen LogP) is 1.60. The van der Waals surface area contributed by atoms with E-state index in [1.165, 1.54) is 4.88 Å². The lowest BCUT2D eigenvalue weighted by Crippen LogP contribution is -2.29. The van der Waals surface area contributed by atoms with E-state index in [4.69, 9.17) is 0 Å². The topological polar surface area (TPSA) is 41.5 Å². The minimum atomic E-state index is -0.162. The van der Waals surface area contributed by atoms with Crippen LogP contribution in [-0.2, 0) is 11.2 Å². The Morgan fingerprint density at radius 3 is 3.07 bits per heavy atom. The van der Waals surface area contributed by atoms with Gasteiger partial charge in [0.25, 0.3) is 0 Å². The van der Waals surface area contributed by atoms with Crippen molar-refractivity contribution in [3.05, 3.63) is 22.4 Å². The number of hydrogen-bond acceptors (Lipinski definition) is 3. The van der Waals surface area contributed by atoms with Gasteiger partial charge < -0.3 is 5.32 Å². The van der Waals surface area contributed by atoms with Crippen molar-refractivity contribution in [1.82, 2.24) is 5.32 Å². The number of hydrogen-bond donors (Lipinski definition) is 1. The minimum absolute atomic E-state index is 0.0408. The van der Waals surface area contributed by atoms with Gasteiger partial charge in [0.1, 0.15) is 11.9 Å². The summed E-state index contributed by atoms with van der Waals surface area (Å²) in [6.45, 7) is 1.97. The molecule has 0 saturated heterocycles. The van der Waals surface area contributed by atoms with Gasteiger partial charge in [0.2, 0.25) is 5.91 Å². The normalized spacial score (nSPS) is 20.8. The first-order valence-electron chi connectivity index (χ1n) is 4.69. The maximum absolute atomic E-state index is 11.3. The molecule has 0 radical (unpaired) electrons. The van der Waals surface area contributed by atoms with Gasteiger partial charge in [0, 0.05) is 11.3 Å². The van der Waals surface area contributed by atoms with Crippen LogP contribution < -0.4 is 5.32 Å². The van der Waals surface area contributed by atoms with Crippen LogP contribution in [-0.4, -0.2) is 17.8 Å². The van der Waals surface area contributed by atoms with Crippen LogP contribution in [0.15, 0.2) is 22.5 Å². The number of rotatable bonds is 3. The van der Waals surface area contributed by atoms with Crippen molar-refractivity contribution in [1.29, 1.82) is 0 Å². The average Bonchev–Trinajstić information content (AvgIpc) is 2.76. The van der Waals surface area contributed by atoms with Gasteiger partial charge in [0.15, 0.2) is 0 Å². The van der Waals surface area contributed by atoms with E-state index < -0.39 is 0 Å². The van der Waals surface area contributed by atoms with E-state index in [-0.39, 0.29) is 11.9 Å². The third kappa shape index (κ3) is 1.85. The lowest BCUT2D eigenvalue weighted by atomic mass is 10.2. The Labute approximate surface area is 86.9 Å². The van der Waals surface area contributed by atoms with Crippen LogP contribution in [0, 0.1) is 0 Å². The molecular formula is C10H12N2OS. The highest BCUT2D eigenvalue weighted by atomic mass is 32.1. The van der Waals surface area contributed by atoms with E-state index in [0.29, 0.717) is 0 Å². The standard InChI is InChI=1S/C10H12N2OS/c1-2-8-10(13)12-9(11-8)6-7-4-3-5-14-7/h3-5,8H,2,6H2,1H3,(H,11,12,13). The van der Waals surface area contributed by atoms with Crippen molar-refractivity contribution in [3.8, 4) is 0 Å². The molecule has 0 bridgehead atoms. The molecule has 1 amide bonds. The van der Waals surface area contributed by atoms with Crippen LogP contribution >= 0.6 is 11.3 Å². The molecule has 1 aliphatic heterocycles. The molecule has 2 rings (SSSR count). The fourth-order valence-electron chi connectivity index (χ4n) is 1.45. The van der Waals surface area contributed by atoms with Gasteiger partial charge >= 0.3 is 0 Å². The largest absolute Gasteiger partial charge is 0.312 e. The number of nitrogens with one attached hydrogen (secondary N) is 1. The molecule has 14 heavy (non-hydrogen) atoms. The van der Waals surface area contributed by atoms with E-state index in [1.807, 2.05) is 18.4 Å². The summed E-state index contributed by atoms with van der Waals surface area (Å²) < 4.78 is 0. The van der Waals surface area contributed by atoms with E-state index >= 15 is 0 Å². The van der Waals surface area contributed by atoms with Gasteiger partial charge in [-0.25, -0.2) is 0 Å². The molecule has 1 aromatic rings. The summed E-state index contributed by atoms with van der Waals surface area (Å²) in [5.41, 5.74) is 0. The zero-order valence-corrected chi connectivity index (χ0v) is 8.80. The summed E-state index contributed by atoms with van der Waals surface area (Å²) in [5, 5.41) is 4.84. The van der Waals surface area contributed by atoms with Crippen molar-refractivity contribution in [2.24, 2.45) is 4.99 Å². The highest BCUT2D eigenvalue weighted by Crippen LogP contribution is 2.12. The number of thiophene rings is 1.